The fraction of sp³-hybridized carbons (Fsp3) is 0.125. The lowest BCUT2D eigenvalue weighted by Crippen LogP contribution is -2.09. The number of nitrogens with one attached hydrogen (secondary N) is 1. The van der Waals surface area contributed by atoms with Gasteiger partial charge in [0.05, 0.1) is 0 Å². The summed E-state index contributed by atoms with van der Waals surface area (Å²) in [5.74, 6) is 0.105. The topological polar surface area (TPSA) is 49.9 Å². The summed E-state index contributed by atoms with van der Waals surface area (Å²) in [6.45, 7) is 5.29. The van der Waals surface area contributed by atoms with Gasteiger partial charge in [0.1, 0.15) is 5.84 Å². The van der Waals surface area contributed by atoms with Gasteiger partial charge in [0.2, 0.25) is 0 Å². The van der Waals surface area contributed by atoms with E-state index in [9.17, 15) is 0 Å². The van der Waals surface area contributed by atoms with E-state index in [1.54, 1.807) is 31.2 Å². The summed E-state index contributed by atoms with van der Waals surface area (Å²) in [7, 11) is 0. The lowest BCUT2D eigenvalue weighted by Gasteiger charge is -1.91. The van der Waals surface area contributed by atoms with Gasteiger partial charge in [0.25, 0.3) is 0 Å². The van der Waals surface area contributed by atoms with E-state index in [4.69, 9.17) is 11.1 Å². The molecule has 0 rings (SSSR count). The fourth-order valence-corrected chi connectivity index (χ4v) is 0.368. The Morgan fingerprint density at radius 1 is 1.50 bits per heavy atom. The Bertz CT molecular complexity index is 187. The van der Waals surface area contributed by atoms with Crippen molar-refractivity contribution in [2.45, 2.75) is 6.92 Å². The summed E-state index contributed by atoms with van der Waals surface area (Å²) in [5.41, 5.74) is 5.94. The first-order valence-electron chi connectivity index (χ1n) is 2.99. The molecule has 0 aliphatic rings. The highest BCUT2D eigenvalue weighted by Crippen LogP contribution is 1.90. The first-order chi connectivity index (χ1) is 4.68. The van der Waals surface area contributed by atoms with E-state index >= 15 is 0 Å². The van der Waals surface area contributed by atoms with E-state index in [-0.39, 0.29) is 5.84 Å². The van der Waals surface area contributed by atoms with E-state index in [0.29, 0.717) is 0 Å². The van der Waals surface area contributed by atoms with Crippen LogP contribution in [0.2, 0.25) is 0 Å². The number of hydrogen-bond acceptors (Lipinski definition) is 1. The van der Waals surface area contributed by atoms with E-state index in [1.165, 1.54) is 0 Å². The summed E-state index contributed by atoms with van der Waals surface area (Å²) in [4.78, 5) is 0. The average Bonchev–Trinajstić information content (AvgIpc) is 1.88. The normalized spacial score (nSPS) is 11.9. The Hall–Kier alpha value is -1.31. The molecule has 0 saturated heterocycles. The minimum absolute atomic E-state index is 0.105. The maximum Gasteiger partial charge on any atom is 0.118 e. The smallest absolute Gasteiger partial charge is 0.118 e. The first-order valence-corrected chi connectivity index (χ1v) is 2.99. The van der Waals surface area contributed by atoms with Crippen molar-refractivity contribution in [2.24, 2.45) is 5.73 Å². The van der Waals surface area contributed by atoms with Gasteiger partial charge in [-0.25, -0.2) is 0 Å². The molecule has 0 aromatic heterocycles. The third kappa shape index (κ3) is 3.66. The third-order valence-electron chi connectivity index (χ3n) is 1.02. The van der Waals surface area contributed by atoms with Crippen molar-refractivity contribution in [3.8, 4) is 0 Å². The molecule has 2 nitrogen and oxygen atoms in total. The van der Waals surface area contributed by atoms with Crippen LogP contribution in [-0.4, -0.2) is 5.84 Å². The second kappa shape index (κ2) is 4.56. The standard InChI is InChI=1S/C8H12N2/c1-3-4-5-6-7(2)8(9)10/h3-6H,1H2,2H3,(H3,9,10)/b5-4-,7-6+. The van der Waals surface area contributed by atoms with Gasteiger partial charge in [0.15, 0.2) is 0 Å². The van der Waals surface area contributed by atoms with Crippen LogP contribution in [0.5, 0.6) is 0 Å². The van der Waals surface area contributed by atoms with E-state index in [0.717, 1.165) is 5.57 Å². The molecule has 0 amide bonds. The zero-order valence-corrected chi connectivity index (χ0v) is 6.09. The predicted molar refractivity (Wildman–Crippen MR) is 45.0 cm³/mol. The first kappa shape index (κ1) is 8.69. The average molecular weight is 136 g/mol. The number of rotatable bonds is 3. The number of amidine groups is 1. The van der Waals surface area contributed by atoms with Crippen molar-refractivity contribution in [3.63, 3.8) is 0 Å². The van der Waals surface area contributed by atoms with Crippen molar-refractivity contribution >= 4 is 5.84 Å². The molecular weight excluding hydrogens is 124 g/mol. The molecule has 0 aliphatic carbocycles. The van der Waals surface area contributed by atoms with Gasteiger partial charge in [-0.1, -0.05) is 30.9 Å². The van der Waals surface area contributed by atoms with Crippen LogP contribution in [0.15, 0.2) is 36.5 Å². The van der Waals surface area contributed by atoms with Crippen molar-refractivity contribution in [2.75, 3.05) is 0 Å². The minimum Gasteiger partial charge on any atom is -0.384 e. The summed E-state index contributed by atoms with van der Waals surface area (Å²) in [6, 6.07) is 0. The summed E-state index contributed by atoms with van der Waals surface area (Å²) in [5, 5.41) is 6.99. The molecule has 0 spiro atoms. The van der Waals surface area contributed by atoms with E-state index < -0.39 is 0 Å². The molecule has 0 unspecified atom stereocenters. The second-order valence-electron chi connectivity index (χ2n) is 1.88. The largest absolute Gasteiger partial charge is 0.384 e. The van der Waals surface area contributed by atoms with Gasteiger partial charge in [-0.2, -0.15) is 0 Å². The van der Waals surface area contributed by atoms with Crippen LogP contribution < -0.4 is 5.73 Å². The lowest BCUT2D eigenvalue weighted by atomic mass is 10.2. The maximum absolute atomic E-state index is 6.99. The van der Waals surface area contributed by atoms with Gasteiger partial charge < -0.3 is 5.73 Å². The Morgan fingerprint density at radius 3 is 2.50 bits per heavy atom. The van der Waals surface area contributed by atoms with Crippen LogP contribution in [0.4, 0.5) is 0 Å². The quantitative estimate of drug-likeness (QED) is 0.345. The zero-order chi connectivity index (χ0) is 7.98. The second-order valence-corrected chi connectivity index (χ2v) is 1.88. The van der Waals surface area contributed by atoms with Gasteiger partial charge in [-0.05, 0) is 12.5 Å². The highest BCUT2D eigenvalue weighted by molar-refractivity contribution is 5.93. The van der Waals surface area contributed by atoms with Crippen molar-refractivity contribution in [3.05, 3.63) is 36.5 Å². The summed E-state index contributed by atoms with van der Waals surface area (Å²) in [6.07, 6.45) is 7.02. The predicted octanol–water partition coefficient (Wildman–Crippen LogP) is 1.61. The van der Waals surface area contributed by atoms with Gasteiger partial charge in [-0.15, -0.1) is 0 Å². The molecule has 0 saturated carbocycles. The van der Waals surface area contributed by atoms with Crippen molar-refractivity contribution < 1.29 is 0 Å². The molecule has 0 heterocycles. The molecule has 0 fully saturated rings. The molecule has 0 aromatic rings. The Morgan fingerprint density at radius 2 is 2.10 bits per heavy atom. The Balaban J connectivity index is 4.04. The molecule has 0 aromatic carbocycles. The van der Waals surface area contributed by atoms with Gasteiger partial charge in [-0.3, -0.25) is 5.41 Å². The third-order valence-corrected chi connectivity index (χ3v) is 1.02. The number of nitrogens with two attached hydrogens (primary N) is 1. The van der Waals surface area contributed by atoms with Crippen LogP contribution >= 0.6 is 0 Å². The molecule has 10 heavy (non-hydrogen) atoms. The molecule has 2 heteroatoms. The lowest BCUT2D eigenvalue weighted by molar-refractivity contribution is 1.39. The van der Waals surface area contributed by atoms with Crippen molar-refractivity contribution in [1.82, 2.24) is 0 Å². The van der Waals surface area contributed by atoms with Crippen LogP contribution in [0, 0.1) is 5.41 Å². The van der Waals surface area contributed by atoms with Gasteiger partial charge in [0, 0.05) is 0 Å². The van der Waals surface area contributed by atoms with Crippen LogP contribution in [0.1, 0.15) is 6.92 Å². The molecule has 54 valence electrons. The summed E-state index contributed by atoms with van der Waals surface area (Å²) < 4.78 is 0. The Labute approximate surface area is 61.3 Å². The highest BCUT2D eigenvalue weighted by Gasteiger charge is 1.86. The maximum atomic E-state index is 6.99. The van der Waals surface area contributed by atoms with Gasteiger partial charge >= 0.3 is 0 Å². The van der Waals surface area contributed by atoms with Crippen LogP contribution in [0.3, 0.4) is 0 Å². The SMILES string of the molecule is C=C/C=C\C=C(/C)C(=N)N. The molecule has 0 aliphatic heterocycles. The fourth-order valence-electron chi connectivity index (χ4n) is 0.368. The zero-order valence-electron chi connectivity index (χ0n) is 6.09. The Kier molecular flexibility index (Phi) is 3.96. The molecule has 0 bridgehead atoms. The number of hydrogen-bond donors (Lipinski definition) is 2. The van der Waals surface area contributed by atoms with Crippen LogP contribution in [-0.2, 0) is 0 Å². The monoisotopic (exact) mass is 136 g/mol. The minimum atomic E-state index is 0.105. The molecule has 0 atom stereocenters. The highest BCUT2D eigenvalue weighted by atomic mass is 14.7. The van der Waals surface area contributed by atoms with Crippen LogP contribution in [0.25, 0.3) is 0 Å². The van der Waals surface area contributed by atoms with Crippen molar-refractivity contribution in [1.29, 1.82) is 5.41 Å². The van der Waals surface area contributed by atoms with E-state index in [2.05, 4.69) is 6.58 Å². The molecule has 3 N–H and O–H groups in total. The number of allylic oxidation sites excluding steroid dienone is 4. The summed E-state index contributed by atoms with van der Waals surface area (Å²) >= 11 is 0. The molecule has 0 radical (unpaired) electrons. The molecular formula is C8H12N2. The van der Waals surface area contributed by atoms with E-state index in [1.807, 2.05) is 0 Å².